The van der Waals surface area contributed by atoms with Crippen LogP contribution >= 0.6 is 0 Å². The fraction of sp³-hybridized carbons (Fsp3) is 1.00. The van der Waals surface area contributed by atoms with Gasteiger partial charge in [0.25, 0.3) is 0 Å². The molecule has 3 atom stereocenters. The zero-order chi connectivity index (χ0) is 11.7. The quantitative estimate of drug-likeness (QED) is 0.803. The van der Waals surface area contributed by atoms with Crippen LogP contribution in [0.1, 0.15) is 26.2 Å². The molecule has 3 rings (SSSR count). The maximum Gasteiger partial charge on any atom is 0.0498 e. The molecule has 0 bridgehead atoms. The lowest BCUT2D eigenvalue weighted by atomic mass is 9.89. The fourth-order valence-corrected chi connectivity index (χ4v) is 3.86. The molecule has 0 spiro atoms. The maximum atomic E-state index is 5.53. The molecule has 3 fully saturated rings. The Morgan fingerprint density at radius 1 is 1.35 bits per heavy atom. The molecule has 0 aromatic carbocycles. The first kappa shape index (κ1) is 11.9. The normalized spacial score (nSPS) is 43.6. The van der Waals surface area contributed by atoms with Crippen LogP contribution in [0.2, 0.25) is 0 Å². The summed E-state index contributed by atoms with van der Waals surface area (Å²) in [5.74, 6) is 1.77. The SMILES string of the molecule is CC1(CN2CCC(C3CCOC3)C2)CCNC1. The third-order valence-corrected chi connectivity index (χ3v) is 5.00. The van der Waals surface area contributed by atoms with Crippen molar-refractivity contribution in [1.29, 1.82) is 0 Å². The van der Waals surface area contributed by atoms with E-state index in [0.717, 1.165) is 25.0 Å². The lowest BCUT2D eigenvalue weighted by molar-refractivity contribution is 0.165. The summed E-state index contributed by atoms with van der Waals surface area (Å²) in [6, 6.07) is 0. The molecule has 3 aliphatic heterocycles. The minimum atomic E-state index is 0.529. The van der Waals surface area contributed by atoms with E-state index < -0.39 is 0 Å². The van der Waals surface area contributed by atoms with Crippen LogP contribution in [0.4, 0.5) is 0 Å². The van der Waals surface area contributed by atoms with Gasteiger partial charge in [-0.25, -0.2) is 0 Å². The van der Waals surface area contributed by atoms with Gasteiger partial charge in [0.05, 0.1) is 0 Å². The summed E-state index contributed by atoms with van der Waals surface area (Å²) in [6.45, 7) is 10.8. The molecule has 98 valence electrons. The van der Waals surface area contributed by atoms with Gasteiger partial charge < -0.3 is 15.0 Å². The smallest absolute Gasteiger partial charge is 0.0498 e. The summed E-state index contributed by atoms with van der Waals surface area (Å²) in [6.07, 6.45) is 4.05. The van der Waals surface area contributed by atoms with Crippen molar-refractivity contribution in [2.24, 2.45) is 17.3 Å². The average Bonchev–Trinajstić information content (AvgIpc) is 2.98. The van der Waals surface area contributed by atoms with Crippen molar-refractivity contribution in [2.75, 3.05) is 45.9 Å². The van der Waals surface area contributed by atoms with Crippen LogP contribution < -0.4 is 5.32 Å². The molecule has 3 aliphatic rings. The molecule has 3 nitrogen and oxygen atoms in total. The van der Waals surface area contributed by atoms with Gasteiger partial charge >= 0.3 is 0 Å². The van der Waals surface area contributed by atoms with Crippen molar-refractivity contribution >= 4 is 0 Å². The molecule has 0 amide bonds. The van der Waals surface area contributed by atoms with E-state index in [1.165, 1.54) is 52.0 Å². The first-order chi connectivity index (χ1) is 8.25. The van der Waals surface area contributed by atoms with E-state index in [0.29, 0.717) is 5.41 Å². The molecular formula is C14H26N2O. The molecule has 1 N–H and O–H groups in total. The van der Waals surface area contributed by atoms with Crippen molar-refractivity contribution in [3.8, 4) is 0 Å². The second-order valence-electron chi connectivity index (χ2n) is 6.64. The minimum absolute atomic E-state index is 0.529. The summed E-state index contributed by atoms with van der Waals surface area (Å²) in [4.78, 5) is 2.70. The lowest BCUT2D eigenvalue weighted by Gasteiger charge is -2.29. The predicted molar refractivity (Wildman–Crippen MR) is 69.1 cm³/mol. The predicted octanol–water partition coefficient (Wildman–Crippen LogP) is 1.34. The van der Waals surface area contributed by atoms with E-state index in [9.17, 15) is 0 Å². The van der Waals surface area contributed by atoms with Gasteiger partial charge in [0, 0.05) is 32.8 Å². The van der Waals surface area contributed by atoms with E-state index in [2.05, 4.69) is 17.1 Å². The Morgan fingerprint density at radius 2 is 2.29 bits per heavy atom. The highest BCUT2D eigenvalue weighted by atomic mass is 16.5. The zero-order valence-corrected chi connectivity index (χ0v) is 11.1. The van der Waals surface area contributed by atoms with E-state index >= 15 is 0 Å². The van der Waals surface area contributed by atoms with Crippen molar-refractivity contribution in [2.45, 2.75) is 26.2 Å². The summed E-state index contributed by atoms with van der Waals surface area (Å²) < 4.78 is 5.53. The van der Waals surface area contributed by atoms with Gasteiger partial charge in [0.2, 0.25) is 0 Å². The van der Waals surface area contributed by atoms with E-state index in [-0.39, 0.29) is 0 Å². The van der Waals surface area contributed by atoms with Crippen molar-refractivity contribution < 1.29 is 4.74 Å². The highest BCUT2D eigenvalue weighted by Crippen LogP contribution is 2.33. The molecule has 0 aromatic heterocycles. The maximum absolute atomic E-state index is 5.53. The first-order valence-electron chi connectivity index (χ1n) is 7.26. The summed E-state index contributed by atoms with van der Waals surface area (Å²) in [7, 11) is 0. The topological polar surface area (TPSA) is 24.5 Å². The van der Waals surface area contributed by atoms with E-state index in [1.807, 2.05) is 0 Å². The van der Waals surface area contributed by atoms with Gasteiger partial charge in [-0.15, -0.1) is 0 Å². The Balaban J connectivity index is 1.50. The standard InChI is InChI=1S/C14H26N2O/c1-14(4-5-15-10-14)11-16-6-2-12(8-16)13-3-7-17-9-13/h12-13,15H,2-11H2,1H3. The molecule has 3 heterocycles. The van der Waals surface area contributed by atoms with Crippen LogP contribution in [-0.2, 0) is 4.74 Å². The zero-order valence-electron chi connectivity index (χ0n) is 11.1. The molecule has 0 radical (unpaired) electrons. The third-order valence-electron chi connectivity index (χ3n) is 5.00. The third kappa shape index (κ3) is 2.67. The number of hydrogen-bond acceptors (Lipinski definition) is 3. The van der Waals surface area contributed by atoms with Crippen LogP contribution in [0.5, 0.6) is 0 Å². The van der Waals surface area contributed by atoms with Crippen LogP contribution in [0.3, 0.4) is 0 Å². The Kier molecular flexibility index (Phi) is 3.42. The average molecular weight is 238 g/mol. The summed E-state index contributed by atoms with van der Waals surface area (Å²) in [5, 5.41) is 3.51. The summed E-state index contributed by atoms with van der Waals surface area (Å²) >= 11 is 0. The van der Waals surface area contributed by atoms with E-state index in [1.54, 1.807) is 0 Å². The Labute approximate surface area is 105 Å². The van der Waals surface area contributed by atoms with Crippen LogP contribution in [-0.4, -0.2) is 50.8 Å². The molecule has 17 heavy (non-hydrogen) atoms. The van der Waals surface area contributed by atoms with Gasteiger partial charge in [-0.2, -0.15) is 0 Å². The van der Waals surface area contributed by atoms with Crippen LogP contribution in [0.25, 0.3) is 0 Å². The van der Waals surface area contributed by atoms with Crippen molar-refractivity contribution in [3.63, 3.8) is 0 Å². The van der Waals surface area contributed by atoms with Gasteiger partial charge in [0.1, 0.15) is 0 Å². The Hall–Kier alpha value is -0.120. The monoisotopic (exact) mass is 238 g/mol. The van der Waals surface area contributed by atoms with Crippen LogP contribution in [0.15, 0.2) is 0 Å². The highest BCUT2D eigenvalue weighted by Gasteiger charge is 2.36. The number of likely N-dealkylation sites (tertiary alicyclic amines) is 1. The van der Waals surface area contributed by atoms with E-state index in [4.69, 9.17) is 4.74 Å². The van der Waals surface area contributed by atoms with Crippen molar-refractivity contribution in [3.05, 3.63) is 0 Å². The lowest BCUT2D eigenvalue weighted by Crippen LogP contribution is -2.36. The van der Waals surface area contributed by atoms with Gasteiger partial charge in [-0.3, -0.25) is 0 Å². The number of nitrogens with one attached hydrogen (secondary N) is 1. The Morgan fingerprint density at radius 3 is 3.00 bits per heavy atom. The minimum Gasteiger partial charge on any atom is -0.381 e. The highest BCUT2D eigenvalue weighted by molar-refractivity contribution is 4.90. The molecule has 0 aromatic rings. The molecule has 3 saturated heterocycles. The second-order valence-corrected chi connectivity index (χ2v) is 6.64. The molecular weight excluding hydrogens is 212 g/mol. The van der Waals surface area contributed by atoms with Crippen molar-refractivity contribution in [1.82, 2.24) is 10.2 Å². The number of hydrogen-bond donors (Lipinski definition) is 1. The molecule has 0 aliphatic carbocycles. The number of nitrogens with zero attached hydrogens (tertiary/aromatic N) is 1. The Bertz CT molecular complexity index is 257. The summed E-state index contributed by atoms with van der Waals surface area (Å²) in [5.41, 5.74) is 0.529. The van der Waals surface area contributed by atoms with Crippen LogP contribution in [0, 0.1) is 17.3 Å². The number of ether oxygens (including phenoxy) is 1. The second kappa shape index (κ2) is 4.87. The van der Waals surface area contributed by atoms with Gasteiger partial charge in [0.15, 0.2) is 0 Å². The first-order valence-corrected chi connectivity index (χ1v) is 7.26. The molecule has 3 heteroatoms. The molecule has 3 unspecified atom stereocenters. The number of rotatable bonds is 3. The van der Waals surface area contributed by atoms with Gasteiger partial charge in [-0.05, 0) is 49.6 Å². The fourth-order valence-electron chi connectivity index (χ4n) is 3.86. The molecule has 0 saturated carbocycles. The largest absolute Gasteiger partial charge is 0.381 e. The van der Waals surface area contributed by atoms with Gasteiger partial charge in [-0.1, -0.05) is 6.92 Å².